The molecule has 0 aromatic heterocycles. The van der Waals surface area contributed by atoms with Crippen LogP contribution in [0.25, 0.3) is 0 Å². The zero-order valence-electron chi connectivity index (χ0n) is 10.5. The molecule has 1 aliphatic heterocycles. The number of carbonyl (C=O) groups excluding carboxylic acids is 1. The van der Waals surface area contributed by atoms with E-state index in [-0.39, 0.29) is 11.7 Å². The van der Waals surface area contributed by atoms with Crippen LogP contribution in [0, 0.1) is 11.7 Å². The van der Waals surface area contributed by atoms with E-state index in [0.717, 1.165) is 31.3 Å². The number of benzene rings is 1. The number of hydrogen-bond acceptors (Lipinski definition) is 1. The van der Waals surface area contributed by atoms with Gasteiger partial charge in [0.05, 0.1) is 5.56 Å². The van der Waals surface area contributed by atoms with Crippen LogP contribution in [0.4, 0.5) is 4.39 Å². The average Bonchev–Trinajstić information content (AvgIpc) is 2.41. The van der Waals surface area contributed by atoms with Gasteiger partial charge in [0, 0.05) is 22.9 Å². The lowest BCUT2D eigenvalue weighted by atomic mass is 9.95. The Kier molecular flexibility index (Phi) is 5.39. The van der Waals surface area contributed by atoms with Crippen molar-refractivity contribution in [1.29, 1.82) is 0 Å². The van der Waals surface area contributed by atoms with Crippen molar-refractivity contribution < 1.29 is 9.18 Å². The molecule has 1 heterocycles. The van der Waals surface area contributed by atoms with E-state index >= 15 is 0 Å². The van der Waals surface area contributed by atoms with Crippen molar-refractivity contribution in [1.82, 2.24) is 4.90 Å². The lowest BCUT2D eigenvalue weighted by molar-refractivity contribution is 0.0670. The van der Waals surface area contributed by atoms with Crippen molar-refractivity contribution in [3.05, 3.63) is 34.1 Å². The molecule has 5 heteroatoms. The Balaban J connectivity index is 2.12. The van der Waals surface area contributed by atoms with Crippen LogP contribution in [0.2, 0.25) is 0 Å². The molecule has 0 radical (unpaired) electrons. The first-order valence-electron chi connectivity index (χ1n) is 6.42. The highest BCUT2D eigenvalue weighted by Crippen LogP contribution is 2.25. The van der Waals surface area contributed by atoms with Gasteiger partial charge in [-0.3, -0.25) is 4.79 Å². The fraction of sp³-hybridized carbons (Fsp3) is 0.500. The van der Waals surface area contributed by atoms with Gasteiger partial charge in [0.1, 0.15) is 5.82 Å². The third-order valence-electron chi connectivity index (χ3n) is 3.48. The molecule has 0 bridgehead atoms. The van der Waals surface area contributed by atoms with E-state index in [0.29, 0.717) is 16.0 Å². The smallest absolute Gasteiger partial charge is 0.255 e. The SMILES string of the molecule is O=C(c1cc(F)ccc1Br)N1CCCC(CCBr)C1. The van der Waals surface area contributed by atoms with Crippen molar-refractivity contribution in [3.63, 3.8) is 0 Å². The fourth-order valence-corrected chi connectivity index (χ4v) is 3.53. The van der Waals surface area contributed by atoms with Crippen LogP contribution in [0.15, 0.2) is 22.7 Å². The molecule has 19 heavy (non-hydrogen) atoms. The van der Waals surface area contributed by atoms with Gasteiger partial charge in [-0.1, -0.05) is 15.9 Å². The largest absolute Gasteiger partial charge is 0.338 e. The second-order valence-corrected chi connectivity index (χ2v) is 6.51. The minimum atomic E-state index is -0.374. The maximum Gasteiger partial charge on any atom is 0.255 e. The highest BCUT2D eigenvalue weighted by atomic mass is 79.9. The van der Waals surface area contributed by atoms with Crippen LogP contribution in [-0.2, 0) is 0 Å². The Bertz CT molecular complexity index is 465. The zero-order chi connectivity index (χ0) is 13.8. The van der Waals surface area contributed by atoms with Crippen molar-refractivity contribution in [2.75, 3.05) is 18.4 Å². The number of halogens is 3. The van der Waals surface area contributed by atoms with Crippen molar-refractivity contribution >= 4 is 37.8 Å². The molecule has 1 unspecified atom stereocenters. The van der Waals surface area contributed by atoms with E-state index in [2.05, 4.69) is 31.9 Å². The van der Waals surface area contributed by atoms with Gasteiger partial charge in [0.15, 0.2) is 0 Å². The second kappa shape index (κ2) is 6.84. The van der Waals surface area contributed by atoms with E-state index < -0.39 is 0 Å². The molecule has 0 saturated carbocycles. The Morgan fingerprint density at radius 3 is 3.00 bits per heavy atom. The predicted octanol–water partition coefficient (Wildman–Crippen LogP) is 4.23. The van der Waals surface area contributed by atoms with Crippen LogP contribution in [0.3, 0.4) is 0 Å². The minimum Gasteiger partial charge on any atom is -0.338 e. The predicted molar refractivity (Wildman–Crippen MR) is 81.1 cm³/mol. The molecule has 2 nitrogen and oxygen atoms in total. The molecular weight excluding hydrogens is 377 g/mol. The van der Waals surface area contributed by atoms with E-state index in [1.807, 2.05) is 4.90 Å². The molecular formula is C14H16Br2FNO. The lowest BCUT2D eigenvalue weighted by Crippen LogP contribution is -2.40. The number of rotatable bonds is 3. The number of carbonyl (C=O) groups is 1. The number of amides is 1. The Morgan fingerprint density at radius 2 is 2.26 bits per heavy atom. The summed E-state index contributed by atoms with van der Waals surface area (Å²) in [7, 11) is 0. The van der Waals surface area contributed by atoms with Gasteiger partial charge < -0.3 is 4.90 Å². The molecule has 1 fully saturated rings. The molecule has 1 amide bonds. The quantitative estimate of drug-likeness (QED) is 0.705. The first-order chi connectivity index (χ1) is 9.11. The monoisotopic (exact) mass is 391 g/mol. The third-order valence-corrected chi connectivity index (χ3v) is 4.63. The first kappa shape index (κ1) is 15.0. The van der Waals surface area contributed by atoms with Gasteiger partial charge in [-0.2, -0.15) is 0 Å². The molecule has 1 aromatic rings. The molecule has 1 aliphatic rings. The molecule has 1 atom stereocenters. The average molecular weight is 393 g/mol. The van der Waals surface area contributed by atoms with Crippen LogP contribution in [0.1, 0.15) is 29.6 Å². The third kappa shape index (κ3) is 3.78. The highest BCUT2D eigenvalue weighted by Gasteiger charge is 2.25. The minimum absolute atomic E-state index is 0.0781. The molecule has 2 rings (SSSR count). The topological polar surface area (TPSA) is 20.3 Å². The number of hydrogen-bond donors (Lipinski definition) is 0. The molecule has 1 saturated heterocycles. The van der Waals surface area contributed by atoms with Crippen LogP contribution in [-0.4, -0.2) is 29.2 Å². The second-order valence-electron chi connectivity index (χ2n) is 4.86. The maximum atomic E-state index is 13.3. The normalized spacial score (nSPS) is 19.5. The summed E-state index contributed by atoms with van der Waals surface area (Å²) < 4.78 is 13.9. The fourth-order valence-electron chi connectivity index (χ4n) is 2.47. The van der Waals surface area contributed by atoms with E-state index in [4.69, 9.17) is 0 Å². The number of nitrogens with zero attached hydrogens (tertiary/aromatic N) is 1. The lowest BCUT2D eigenvalue weighted by Gasteiger charge is -2.32. The highest BCUT2D eigenvalue weighted by molar-refractivity contribution is 9.10. The van der Waals surface area contributed by atoms with Crippen LogP contribution >= 0.6 is 31.9 Å². The van der Waals surface area contributed by atoms with Crippen molar-refractivity contribution in [3.8, 4) is 0 Å². The van der Waals surface area contributed by atoms with Gasteiger partial charge in [-0.25, -0.2) is 4.39 Å². The van der Waals surface area contributed by atoms with Crippen LogP contribution < -0.4 is 0 Å². The van der Waals surface area contributed by atoms with Crippen molar-refractivity contribution in [2.45, 2.75) is 19.3 Å². The summed E-state index contributed by atoms with van der Waals surface area (Å²) in [5.41, 5.74) is 0.416. The summed E-state index contributed by atoms with van der Waals surface area (Å²) in [4.78, 5) is 14.3. The first-order valence-corrected chi connectivity index (χ1v) is 8.33. The Morgan fingerprint density at radius 1 is 1.47 bits per heavy atom. The standard InChI is InChI=1S/C14H16Br2FNO/c15-6-5-10-2-1-7-18(9-10)14(19)12-8-11(17)3-4-13(12)16/h3-4,8,10H,1-2,5-7,9H2. The summed E-state index contributed by atoms with van der Waals surface area (Å²) in [6.45, 7) is 1.54. The molecule has 0 aliphatic carbocycles. The Hall–Kier alpha value is -0.420. The van der Waals surface area contributed by atoms with Crippen LogP contribution in [0.5, 0.6) is 0 Å². The summed E-state index contributed by atoms with van der Waals surface area (Å²) in [6.07, 6.45) is 3.27. The van der Waals surface area contributed by atoms with Crippen molar-refractivity contribution in [2.24, 2.45) is 5.92 Å². The molecule has 1 aromatic carbocycles. The van der Waals surface area contributed by atoms with Gasteiger partial charge in [0.25, 0.3) is 5.91 Å². The Labute approximate surface area is 129 Å². The number of likely N-dealkylation sites (tertiary alicyclic amines) is 1. The number of alkyl halides is 1. The van der Waals surface area contributed by atoms with Gasteiger partial charge >= 0.3 is 0 Å². The van der Waals surface area contributed by atoms with E-state index in [1.54, 1.807) is 6.07 Å². The molecule has 0 spiro atoms. The summed E-state index contributed by atoms with van der Waals surface area (Å²) in [6, 6.07) is 4.24. The molecule has 0 N–H and O–H groups in total. The zero-order valence-corrected chi connectivity index (χ0v) is 13.7. The maximum absolute atomic E-state index is 13.3. The molecule has 104 valence electrons. The van der Waals surface area contributed by atoms with E-state index in [9.17, 15) is 9.18 Å². The summed E-state index contributed by atoms with van der Waals surface area (Å²) in [5, 5.41) is 0.962. The number of piperidine rings is 1. The van der Waals surface area contributed by atoms with Gasteiger partial charge in [0.2, 0.25) is 0 Å². The van der Waals surface area contributed by atoms with E-state index in [1.165, 1.54) is 18.6 Å². The summed E-state index contributed by atoms with van der Waals surface area (Å²) >= 11 is 6.77. The van der Waals surface area contributed by atoms with Gasteiger partial charge in [-0.15, -0.1) is 0 Å². The summed E-state index contributed by atoms with van der Waals surface area (Å²) in [5.74, 6) is 0.0932. The van der Waals surface area contributed by atoms with Gasteiger partial charge in [-0.05, 0) is 59.3 Å².